The van der Waals surface area contributed by atoms with Crippen molar-refractivity contribution in [2.45, 2.75) is 30.4 Å². The molecule has 1 aromatic carbocycles. The second-order valence-corrected chi connectivity index (χ2v) is 6.48. The Morgan fingerprint density at radius 2 is 2.00 bits per heavy atom. The van der Waals surface area contributed by atoms with E-state index in [9.17, 15) is 14.9 Å². The molecule has 0 unspecified atom stereocenters. The number of nitro groups is 1. The molecule has 18 heavy (non-hydrogen) atoms. The third-order valence-corrected chi connectivity index (χ3v) is 3.16. The molecular formula is C12H15NO4S. The maximum Gasteiger partial charge on any atom is 0.344 e. The number of rotatable bonds is 3. The lowest BCUT2D eigenvalue weighted by atomic mass is 10.2. The van der Waals surface area contributed by atoms with Crippen molar-refractivity contribution in [2.24, 2.45) is 0 Å². The van der Waals surface area contributed by atoms with Gasteiger partial charge in [-0.1, -0.05) is 26.8 Å². The highest BCUT2D eigenvalue weighted by Gasteiger charge is 2.27. The van der Waals surface area contributed by atoms with Crippen LogP contribution in [-0.4, -0.2) is 22.7 Å². The summed E-state index contributed by atoms with van der Waals surface area (Å²) in [6.45, 7) is 5.85. The molecule has 0 fully saturated rings. The summed E-state index contributed by atoms with van der Waals surface area (Å²) in [7, 11) is 1.20. The van der Waals surface area contributed by atoms with Gasteiger partial charge in [0.1, 0.15) is 5.56 Å². The van der Waals surface area contributed by atoms with Crippen molar-refractivity contribution in [1.82, 2.24) is 0 Å². The minimum absolute atomic E-state index is 0.0169. The van der Waals surface area contributed by atoms with Gasteiger partial charge in [0, 0.05) is 4.75 Å². The van der Waals surface area contributed by atoms with Gasteiger partial charge >= 0.3 is 5.97 Å². The Morgan fingerprint density at radius 3 is 2.44 bits per heavy atom. The van der Waals surface area contributed by atoms with Gasteiger partial charge in [0.05, 0.1) is 16.9 Å². The number of carbonyl (C=O) groups excluding carboxylic acids is 1. The zero-order valence-electron chi connectivity index (χ0n) is 10.7. The summed E-state index contributed by atoms with van der Waals surface area (Å²) < 4.78 is 4.38. The van der Waals surface area contributed by atoms with Crippen molar-refractivity contribution in [3.8, 4) is 0 Å². The summed E-state index contributed by atoms with van der Waals surface area (Å²) in [6, 6.07) is 4.66. The molecule has 0 aliphatic carbocycles. The van der Waals surface area contributed by atoms with Gasteiger partial charge in [0.2, 0.25) is 0 Å². The van der Waals surface area contributed by atoms with E-state index in [1.807, 2.05) is 20.8 Å². The molecule has 0 spiro atoms. The maximum atomic E-state index is 11.5. The summed E-state index contributed by atoms with van der Waals surface area (Å²) in [5.41, 5.74) is -0.207. The number of nitrogens with zero attached hydrogens (tertiary/aromatic N) is 1. The number of benzene rings is 1. The highest BCUT2D eigenvalue weighted by molar-refractivity contribution is 8.00. The molecular weight excluding hydrogens is 254 g/mol. The van der Waals surface area contributed by atoms with Gasteiger partial charge in [0.25, 0.3) is 5.69 Å². The van der Waals surface area contributed by atoms with E-state index in [1.54, 1.807) is 12.1 Å². The number of ether oxygens (including phenoxy) is 1. The van der Waals surface area contributed by atoms with Gasteiger partial charge in [-0.2, -0.15) is 0 Å². The number of hydrogen-bond donors (Lipinski definition) is 0. The number of methoxy groups -OCH3 is 1. The van der Waals surface area contributed by atoms with Crippen LogP contribution in [0.2, 0.25) is 0 Å². The molecule has 1 rings (SSSR count). The number of thioether (sulfide) groups is 1. The molecule has 1 aromatic rings. The van der Waals surface area contributed by atoms with Crippen molar-refractivity contribution >= 4 is 23.4 Å². The van der Waals surface area contributed by atoms with Crippen molar-refractivity contribution < 1.29 is 14.5 Å². The molecule has 0 aliphatic rings. The third kappa shape index (κ3) is 3.46. The van der Waals surface area contributed by atoms with E-state index in [1.165, 1.54) is 24.9 Å². The van der Waals surface area contributed by atoms with Crippen molar-refractivity contribution in [1.29, 1.82) is 0 Å². The van der Waals surface area contributed by atoms with Crippen molar-refractivity contribution in [2.75, 3.05) is 7.11 Å². The number of para-hydroxylation sites is 1. The fourth-order valence-corrected chi connectivity index (χ4v) is 2.49. The van der Waals surface area contributed by atoms with E-state index in [2.05, 4.69) is 4.74 Å². The molecule has 5 nitrogen and oxygen atoms in total. The molecule has 0 N–H and O–H groups in total. The predicted molar refractivity (Wildman–Crippen MR) is 70.0 cm³/mol. The molecule has 0 radical (unpaired) electrons. The van der Waals surface area contributed by atoms with Crippen LogP contribution < -0.4 is 0 Å². The minimum Gasteiger partial charge on any atom is -0.465 e. The Kier molecular flexibility index (Phi) is 4.34. The second kappa shape index (κ2) is 5.39. The fraction of sp³-hybridized carbons (Fsp3) is 0.417. The quantitative estimate of drug-likeness (QED) is 0.364. The van der Waals surface area contributed by atoms with Gasteiger partial charge in [-0.3, -0.25) is 10.1 Å². The van der Waals surface area contributed by atoms with Crippen LogP contribution in [-0.2, 0) is 4.74 Å². The van der Waals surface area contributed by atoms with Gasteiger partial charge in [-0.25, -0.2) is 4.79 Å². The lowest BCUT2D eigenvalue weighted by Gasteiger charge is -2.17. The SMILES string of the molecule is COC(=O)c1cccc(SC(C)(C)C)c1[N+](=O)[O-]. The average molecular weight is 269 g/mol. The van der Waals surface area contributed by atoms with Gasteiger partial charge in [-0.15, -0.1) is 11.8 Å². The first-order chi connectivity index (χ1) is 8.26. The molecule has 0 saturated carbocycles. The van der Waals surface area contributed by atoms with Crippen LogP contribution in [0.15, 0.2) is 23.1 Å². The van der Waals surface area contributed by atoms with Crippen LogP contribution in [0.4, 0.5) is 5.69 Å². The maximum absolute atomic E-state index is 11.5. The van der Waals surface area contributed by atoms with Gasteiger partial charge in [0.15, 0.2) is 0 Å². The molecule has 0 amide bonds. The summed E-state index contributed by atoms with van der Waals surface area (Å²) >= 11 is 1.35. The van der Waals surface area contributed by atoms with E-state index < -0.39 is 10.9 Å². The number of nitro benzene ring substituents is 1. The minimum atomic E-state index is -0.696. The molecule has 0 aromatic heterocycles. The van der Waals surface area contributed by atoms with Crippen LogP contribution >= 0.6 is 11.8 Å². The summed E-state index contributed by atoms with van der Waals surface area (Å²) in [6.07, 6.45) is 0. The predicted octanol–water partition coefficient (Wildman–Crippen LogP) is 3.27. The molecule has 0 heterocycles. The first-order valence-electron chi connectivity index (χ1n) is 5.31. The summed E-state index contributed by atoms with van der Waals surface area (Å²) in [5.74, 6) is -0.696. The molecule has 0 atom stereocenters. The van der Waals surface area contributed by atoms with E-state index >= 15 is 0 Å². The average Bonchev–Trinajstić information content (AvgIpc) is 2.25. The Hall–Kier alpha value is -1.56. The van der Waals surface area contributed by atoms with E-state index in [0.717, 1.165) is 0 Å². The largest absolute Gasteiger partial charge is 0.465 e. The van der Waals surface area contributed by atoms with Crippen LogP contribution in [0.25, 0.3) is 0 Å². The van der Waals surface area contributed by atoms with Crippen molar-refractivity contribution in [3.63, 3.8) is 0 Å². The lowest BCUT2D eigenvalue weighted by molar-refractivity contribution is -0.388. The Morgan fingerprint density at radius 1 is 1.39 bits per heavy atom. The van der Waals surface area contributed by atoms with E-state index in [4.69, 9.17) is 0 Å². The van der Waals surface area contributed by atoms with Gasteiger partial charge < -0.3 is 4.74 Å². The highest BCUT2D eigenvalue weighted by Crippen LogP contribution is 2.39. The zero-order valence-corrected chi connectivity index (χ0v) is 11.5. The number of esters is 1. The zero-order chi connectivity index (χ0) is 13.9. The molecule has 98 valence electrons. The Labute approximate surface area is 110 Å². The number of carbonyl (C=O) groups is 1. The molecule has 0 saturated heterocycles. The van der Waals surface area contributed by atoms with Crippen LogP contribution in [0.5, 0.6) is 0 Å². The molecule has 0 aliphatic heterocycles. The second-order valence-electron chi connectivity index (χ2n) is 4.62. The van der Waals surface area contributed by atoms with Gasteiger partial charge in [-0.05, 0) is 12.1 Å². The first kappa shape index (κ1) is 14.5. The van der Waals surface area contributed by atoms with E-state index in [0.29, 0.717) is 4.90 Å². The van der Waals surface area contributed by atoms with Crippen molar-refractivity contribution in [3.05, 3.63) is 33.9 Å². The topological polar surface area (TPSA) is 69.4 Å². The summed E-state index contributed by atoms with van der Waals surface area (Å²) in [4.78, 5) is 22.6. The molecule has 0 bridgehead atoms. The van der Waals surface area contributed by atoms with E-state index in [-0.39, 0.29) is 16.0 Å². The fourth-order valence-electron chi connectivity index (χ4n) is 1.40. The van der Waals surface area contributed by atoms with Crippen LogP contribution in [0.1, 0.15) is 31.1 Å². The first-order valence-corrected chi connectivity index (χ1v) is 6.12. The third-order valence-electron chi connectivity index (χ3n) is 2.00. The monoisotopic (exact) mass is 269 g/mol. The molecule has 6 heteroatoms. The smallest absolute Gasteiger partial charge is 0.344 e. The standard InChI is InChI=1S/C12H15NO4S/c1-12(2,3)18-9-7-5-6-8(11(14)17-4)10(9)13(15)16/h5-7H,1-4H3. The Bertz CT molecular complexity index is 479. The van der Waals surface area contributed by atoms with Crippen LogP contribution in [0, 0.1) is 10.1 Å². The Balaban J connectivity index is 3.35. The number of hydrogen-bond acceptors (Lipinski definition) is 5. The highest BCUT2D eigenvalue weighted by atomic mass is 32.2. The summed E-state index contributed by atoms with van der Waals surface area (Å²) in [5, 5.41) is 11.1. The normalized spacial score (nSPS) is 11.1. The lowest BCUT2D eigenvalue weighted by Crippen LogP contribution is -2.10. The van der Waals surface area contributed by atoms with Crippen LogP contribution in [0.3, 0.4) is 0 Å².